The number of fused-ring (bicyclic) bond motifs is 3. The van der Waals surface area contributed by atoms with Gasteiger partial charge in [-0.05, 0) is 67.1 Å². The number of aryl methyl sites for hydroxylation is 1. The van der Waals surface area contributed by atoms with Crippen LogP contribution in [0, 0.1) is 18.6 Å². The molecule has 5 rings (SSSR count). The number of benzene rings is 3. The third kappa shape index (κ3) is 4.56. The molecule has 1 saturated heterocycles. The van der Waals surface area contributed by atoms with E-state index in [2.05, 4.69) is 18.4 Å². The van der Waals surface area contributed by atoms with Crippen LogP contribution in [0.5, 0.6) is 0 Å². The molecule has 0 unspecified atom stereocenters. The summed E-state index contributed by atoms with van der Waals surface area (Å²) in [7, 11) is 2.07. The van der Waals surface area contributed by atoms with Crippen LogP contribution in [0.4, 0.5) is 20.2 Å². The van der Waals surface area contributed by atoms with Crippen LogP contribution in [-0.2, 0) is 4.79 Å². The van der Waals surface area contributed by atoms with E-state index in [1.54, 1.807) is 12.1 Å². The minimum atomic E-state index is -0.374. The number of carbonyl (C=O) groups excluding carboxylic acids is 2. The zero-order valence-electron chi connectivity index (χ0n) is 19.8. The van der Waals surface area contributed by atoms with Gasteiger partial charge in [-0.3, -0.25) is 9.59 Å². The predicted molar refractivity (Wildman–Crippen MR) is 131 cm³/mol. The van der Waals surface area contributed by atoms with Gasteiger partial charge in [0.25, 0.3) is 11.8 Å². The molecule has 0 radical (unpaired) electrons. The molecule has 0 saturated carbocycles. The van der Waals surface area contributed by atoms with Crippen LogP contribution in [0.25, 0.3) is 0 Å². The number of amides is 2. The zero-order valence-corrected chi connectivity index (χ0v) is 19.8. The monoisotopic (exact) mass is 476 g/mol. The first-order valence-corrected chi connectivity index (χ1v) is 11.8. The number of carbonyl (C=O) groups is 2. The van der Waals surface area contributed by atoms with Crippen LogP contribution in [0.15, 0.2) is 66.7 Å². The smallest absolute Gasteiger partial charge is 0.279 e. The van der Waals surface area contributed by atoms with Gasteiger partial charge in [-0.25, -0.2) is 8.78 Å². The molecule has 2 amide bonds. The highest BCUT2D eigenvalue weighted by atomic mass is 19.1. The lowest BCUT2D eigenvalue weighted by Gasteiger charge is -2.43. The molecule has 2 aliphatic rings. The van der Waals surface area contributed by atoms with Crippen molar-refractivity contribution in [3.8, 4) is 0 Å². The number of nitrogens with one attached hydrogen (secondary N) is 1. The van der Waals surface area contributed by atoms with E-state index in [1.807, 2.05) is 24.0 Å². The standard InChI is InChI=1S/C28H27F2N3O2/c1-18-3-12-25-23(15-18)24-16-33(2,17-27(34)31-22-10-8-21(30)9-11-22)14-13-26(24)32(25)28(35)19-4-6-20(29)7-5-19/h3-12,15,24,26H,13-14,16-17H2,1-2H3/p+1/t24-,26-,33+/m0/s1. The Morgan fingerprint density at radius 3 is 2.34 bits per heavy atom. The summed E-state index contributed by atoms with van der Waals surface area (Å²) in [5.74, 6) is -0.890. The van der Waals surface area contributed by atoms with Crippen LogP contribution in [0.3, 0.4) is 0 Å². The fourth-order valence-electron chi connectivity index (χ4n) is 5.53. The molecular weight excluding hydrogens is 448 g/mol. The Morgan fingerprint density at radius 1 is 1.00 bits per heavy atom. The van der Waals surface area contributed by atoms with Gasteiger partial charge < -0.3 is 14.7 Å². The van der Waals surface area contributed by atoms with Crippen LogP contribution in [-0.4, -0.2) is 49.0 Å². The summed E-state index contributed by atoms with van der Waals surface area (Å²) in [4.78, 5) is 28.2. The average Bonchev–Trinajstić information content (AvgIpc) is 3.12. The van der Waals surface area contributed by atoms with Gasteiger partial charge >= 0.3 is 0 Å². The van der Waals surface area contributed by atoms with E-state index in [-0.39, 0.29) is 42.0 Å². The molecule has 3 aromatic rings. The lowest BCUT2D eigenvalue weighted by Crippen LogP contribution is -2.58. The van der Waals surface area contributed by atoms with Crippen LogP contribution in [0.1, 0.15) is 33.8 Å². The first-order valence-electron chi connectivity index (χ1n) is 11.8. The molecule has 0 spiro atoms. The van der Waals surface area contributed by atoms with Gasteiger partial charge in [0.1, 0.15) is 11.6 Å². The molecule has 35 heavy (non-hydrogen) atoms. The van der Waals surface area contributed by atoms with Gasteiger partial charge in [-0.2, -0.15) is 0 Å². The fraction of sp³-hybridized carbons (Fsp3) is 0.286. The van der Waals surface area contributed by atoms with Gasteiger partial charge in [0.15, 0.2) is 6.54 Å². The highest BCUT2D eigenvalue weighted by Gasteiger charge is 2.49. The highest BCUT2D eigenvalue weighted by molar-refractivity contribution is 6.08. The number of nitrogens with zero attached hydrogens (tertiary/aromatic N) is 2. The first kappa shape index (κ1) is 23.2. The average molecular weight is 477 g/mol. The Labute approximate surface area is 203 Å². The number of piperidine rings is 1. The fourth-order valence-corrected chi connectivity index (χ4v) is 5.53. The molecule has 0 bridgehead atoms. The summed E-state index contributed by atoms with van der Waals surface area (Å²) >= 11 is 0. The number of halogens is 2. The molecule has 2 heterocycles. The molecule has 1 N–H and O–H groups in total. The number of rotatable bonds is 4. The van der Waals surface area contributed by atoms with E-state index < -0.39 is 0 Å². The number of likely N-dealkylation sites (tertiary alicyclic amines) is 1. The second-order valence-corrected chi connectivity index (χ2v) is 9.95. The number of quaternary nitrogens is 1. The zero-order chi connectivity index (χ0) is 24.7. The molecule has 7 heteroatoms. The molecule has 0 aliphatic carbocycles. The van der Waals surface area contributed by atoms with Gasteiger partial charge in [-0.1, -0.05) is 17.7 Å². The Hall–Kier alpha value is -3.58. The van der Waals surface area contributed by atoms with Crippen molar-refractivity contribution in [2.24, 2.45) is 0 Å². The normalized spacial score (nSPS) is 22.9. The molecule has 180 valence electrons. The SMILES string of the molecule is Cc1ccc2c(c1)[C@@H]1C[N@+](C)(CC(=O)Nc3ccc(F)cc3)CC[C@@H]1N2C(=O)c1ccc(F)cc1. The highest BCUT2D eigenvalue weighted by Crippen LogP contribution is 2.47. The van der Waals surface area contributed by atoms with E-state index in [1.165, 1.54) is 36.4 Å². The lowest BCUT2D eigenvalue weighted by atomic mass is 9.87. The van der Waals surface area contributed by atoms with Crippen molar-refractivity contribution in [2.75, 3.05) is 36.9 Å². The number of hydrogen-bond donors (Lipinski definition) is 1. The lowest BCUT2D eigenvalue weighted by molar-refractivity contribution is -0.907. The molecule has 2 aliphatic heterocycles. The van der Waals surface area contributed by atoms with E-state index >= 15 is 0 Å². The largest absolute Gasteiger partial charge is 0.321 e. The van der Waals surface area contributed by atoms with Crippen molar-refractivity contribution >= 4 is 23.2 Å². The van der Waals surface area contributed by atoms with Crippen LogP contribution >= 0.6 is 0 Å². The van der Waals surface area contributed by atoms with Gasteiger partial charge in [0.05, 0.1) is 32.1 Å². The number of hydrogen-bond acceptors (Lipinski definition) is 2. The summed E-state index contributed by atoms with van der Waals surface area (Å²) in [6.45, 7) is 3.77. The molecule has 5 nitrogen and oxygen atoms in total. The Balaban J connectivity index is 1.38. The molecule has 0 aromatic heterocycles. The maximum Gasteiger partial charge on any atom is 0.279 e. The van der Waals surface area contributed by atoms with E-state index in [9.17, 15) is 18.4 Å². The van der Waals surface area contributed by atoms with Crippen molar-refractivity contribution in [1.29, 1.82) is 0 Å². The van der Waals surface area contributed by atoms with Crippen molar-refractivity contribution in [1.82, 2.24) is 0 Å². The molecule has 3 aromatic carbocycles. The number of anilines is 2. The van der Waals surface area contributed by atoms with E-state index in [0.717, 1.165) is 29.8 Å². The van der Waals surface area contributed by atoms with Crippen molar-refractivity contribution in [3.63, 3.8) is 0 Å². The van der Waals surface area contributed by atoms with Crippen LogP contribution < -0.4 is 10.2 Å². The second kappa shape index (κ2) is 8.89. The minimum absolute atomic E-state index is 0.0179. The van der Waals surface area contributed by atoms with Crippen molar-refractivity contribution < 1.29 is 22.9 Å². The van der Waals surface area contributed by atoms with Crippen molar-refractivity contribution in [2.45, 2.75) is 25.3 Å². The van der Waals surface area contributed by atoms with Gasteiger partial charge in [-0.15, -0.1) is 0 Å². The molecular formula is C28H28F2N3O2+. The summed E-state index contributed by atoms with van der Waals surface area (Å²) in [5.41, 5.74) is 4.15. The summed E-state index contributed by atoms with van der Waals surface area (Å²) in [6.07, 6.45) is 0.742. The first-order chi connectivity index (χ1) is 16.7. The van der Waals surface area contributed by atoms with Crippen molar-refractivity contribution in [3.05, 3.63) is 95.1 Å². The quantitative estimate of drug-likeness (QED) is 0.546. The van der Waals surface area contributed by atoms with E-state index in [4.69, 9.17) is 0 Å². The Kier molecular flexibility index (Phi) is 5.89. The second-order valence-electron chi connectivity index (χ2n) is 9.95. The maximum absolute atomic E-state index is 13.5. The predicted octanol–water partition coefficient (Wildman–Crippen LogP) is 4.87. The summed E-state index contributed by atoms with van der Waals surface area (Å²) in [6, 6.07) is 17.5. The Bertz CT molecular complexity index is 1280. The van der Waals surface area contributed by atoms with Gasteiger partial charge in [0.2, 0.25) is 0 Å². The summed E-state index contributed by atoms with van der Waals surface area (Å²) < 4.78 is 27.2. The third-order valence-electron chi connectivity index (χ3n) is 7.20. The maximum atomic E-state index is 13.5. The van der Waals surface area contributed by atoms with E-state index in [0.29, 0.717) is 22.3 Å². The molecule has 3 atom stereocenters. The third-order valence-corrected chi connectivity index (χ3v) is 7.20. The minimum Gasteiger partial charge on any atom is -0.321 e. The summed E-state index contributed by atoms with van der Waals surface area (Å²) in [5, 5.41) is 2.87. The van der Waals surface area contributed by atoms with Gasteiger partial charge in [0, 0.05) is 23.4 Å². The number of likely N-dealkylation sites (N-methyl/N-ethyl adjacent to an activating group) is 1. The Morgan fingerprint density at radius 2 is 1.66 bits per heavy atom. The topological polar surface area (TPSA) is 49.4 Å². The molecule has 1 fully saturated rings. The van der Waals surface area contributed by atoms with Crippen LogP contribution in [0.2, 0.25) is 0 Å².